The van der Waals surface area contributed by atoms with Gasteiger partial charge in [0.05, 0.1) is 0 Å². The molecular formula is C18H20N2O. The molecule has 2 aromatic rings. The summed E-state index contributed by atoms with van der Waals surface area (Å²) in [5.74, 6) is 0.123. The molecule has 2 N–H and O–H groups in total. The number of amides is 1. The van der Waals surface area contributed by atoms with E-state index in [1.165, 1.54) is 0 Å². The molecule has 3 heteroatoms. The molecule has 0 aromatic heterocycles. The van der Waals surface area contributed by atoms with Crippen LogP contribution in [0.5, 0.6) is 0 Å². The van der Waals surface area contributed by atoms with Gasteiger partial charge < -0.3 is 10.6 Å². The topological polar surface area (TPSA) is 46.3 Å². The molecule has 3 rings (SSSR count). The lowest BCUT2D eigenvalue weighted by molar-refractivity contribution is 0.0729. The molecule has 0 atom stereocenters. The summed E-state index contributed by atoms with van der Waals surface area (Å²) < 4.78 is 0. The Morgan fingerprint density at radius 2 is 1.95 bits per heavy atom. The van der Waals surface area contributed by atoms with Crippen molar-refractivity contribution in [2.24, 2.45) is 0 Å². The third-order valence-electron chi connectivity index (χ3n) is 3.93. The predicted octanol–water partition coefficient (Wildman–Crippen LogP) is 3.38. The number of carbonyl (C=O) groups excluding carboxylic acids is 1. The smallest absolute Gasteiger partial charge is 0.254 e. The van der Waals surface area contributed by atoms with Gasteiger partial charge in [-0.15, -0.1) is 0 Å². The predicted molar refractivity (Wildman–Crippen MR) is 84.9 cm³/mol. The third kappa shape index (κ3) is 3.07. The average molecular weight is 280 g/mol. The van der Waals surface area contributed by atoms with Crippen LogP contribution in [0.4, 0.5) is 5.69 Å². The van der Waals surface area contributed by atoms with Gasteiger partial charge >= 0.3 is 0 Å². The van der Waals surface area contributed by atoms with E-state index in [1.54, 1.807) is 0 Å². The number of benzene rings is 2. The number of hydrogen-bond acceptors (Lipinski definition) is 2. The lowest BCUT2D eigenvalue weighted by Gasteiger charge is -2.23. The highest BCUT2D eigenvalue weighted by molar-refractivity contribution is 5.96. The first-order valence-corrected chi connectivity index (χ1v) is 7.36. The number of rotatable bonds is 4. The van der Waals surface area contributed by atoms with Crippen molar-refractivity contribution in [1.82, 2.24) is 4.90 Å². The monoisotopic (exact) mass is 280 g/mol. The standard InChI is InChI=1S/C18H20N2O/c1-13-5-2-3-8-17(13)18(21)20(16-9-10-16)12-14-6-4-7-15(19)11-14/h2-8,11,16H,9-10,12,19H2,1H3. The van der Waals surface area contributed by atoms with Gasteiger partial charge in [0.15, 0.2) is 0 Å². The normalized spacial score (nSPS) is 14.0. The molecule has 21 heavy (non-hydrogen) atoms. The average Bonchev–Trinajstić information content (AvgIpc) is 3.29. The molecule has 1 aliphatic rings. The van der Waals surface area contributed by atoms with Crippen molar-refractivity contribution < 1.29 is 4.79 Å². The molecule has 2 aromatic carbocycles. The van der Waals surface area contributed by atoms with Gasteiger partial charge in [-0.2, -0.15) is 0 Å². The van der Waals surface area contributed by atoms with Crippen LogP contribution in [0.2, 0.25) is 0 Å². The Bertz CT molecular complexity index is 662. The van der Waals surface area contributed by atoms with Crippen molar-refractivity contribution in [2.45, 2.75) is 32.4 Å². The molecule has 108 valence electrons. The number of aryl methyl sites for hydroxylation is 1. The van der Waals surface area contributed by atoms with Crippen LogP contribution in [0.15, 0.2) is 48.5 Å². The quantitative estimate of drug-likeness (QED) is 0.873. The van der Waals surface area contributed by atoms with Crippen LogP contribution in [0.3, 0.4) is 0 Å². The Morgan fingerprint density at radius 1 is 1.19 bits per heavy atom. The fourth-order valence-electron chi connectivity index (χ4n) is 2.61. The zero-order valence-corrected chi connectivity index (χ0v) is 12.3. The fourth-order valence-corrected chi connectivity index (χ4v) is 2.61. The highest BCUT2D eigenvalue weighted by atomic mass is 16.2. The minimum Gasteiger partial charge on any atom is -0.399 e. The van der Waals surface area contributed by atoms with E-state index in [-0.39, 0.29) is 5.91 Å². The van der Waals surface area contributed by atoms with E-state index in [0.717, 1.165) is 35.2 Å². The van der Waals surface area contributed by atoms with Gasteiger partial charge in [0.25, 0.3) is 5.91 Å². The van der Waals surface area contributed by atoms with Crippen molar-refractivity contribution in [3.63, 3.8) is 0 Å². The van der Waals surface area contributed by atoms with E-state index in [4.69, 9.17) is 5.73 Å². The van der Waals surface area contributed by atoms with Crippen molar-refractivity contribution in [2.75, 3.05) is 5.73 Å². The molecule has 1 amide bonds. The summed E-state index contributed by atoms with van der Waals surface area (Å²) in [6.07, 6.45) is 2.19. The molecule has 3 nitrogen and oxygen atoms in total. The van der Waals surface area contributed by atoms with E-state index in [0.29, 0.717) is 12.6 Å². The van der Waals surface area contributed by atoms with E-state index in [9.17, 15) is 4.79 Å². The van der Waals surface area contributed by atoms with Gasteiger partial charge in [-0.3, -0.25) is 4.79 Å². The molecule has 0 heterocycles. The number of nitrogen functional groups attached to an aromatic ring is 1. The molecule has 0 saturated heterocycles. The van der Waals surface area contributed by atoms with Crippen LogP contribution < -0.4 is 5.73 Å². The first kappa shape index (κ1) is 13.7. The zero-order chi connectivity index (χ0) is 14.8. The van der Waals surface area contributed by atoms with E-state index in [2.05, 4.69) is 0 Å². The Kier molecular flexibility index (Phi) is 3.65. The number of anilines is 1. The maximum absolute atomic E-state index is 12.8. The Morgan fingerprint density at radius 3 is 2.62 bits per heavy atom. The van der Waals surface area contributed by atoms with Gasteiger partial charge in [-0.1, -0.05) is 30.3 Å². The summed E-state index contributed by atoms with van der Waals surface area (Å²) in [6, 6.07) is 15.9. The molecule has 0 radical (unpaired) electrons. The van der Waals surface area contributed by atoms with Gasteiger partial charge in [-0.05, 0) is 49.1 Å². The highest BCUT2D eigenvalue weighted by Crippen LogP contribution is 2.30. The number of carbonyl (C=O) groups is 1. The summed E-state index contributed by atoms with van der Waals surface area (Å²) in [5, 5.41) is 0. The fraction of sp³-hybridized carbons (Fsp3) is 0.278. The summed E-state index contributed by atoms with van der Waals surface area (Å²) in [6.45, 7) is 2.61. The SMILES string of the molecule is Cc1ccccc1C(=O)N(Cc1cccc(N)c1)C1CC1. The Labute approximate surface area is 125 Å². The van der Waals surface area contributed by atoms with Crippen LogP contribution >= 0.6 is 0 Å². The van der Waals surface area contributed by atoms with Gasteiger partial charge in [0.2, 0.25) is 0 Å². The minimum absolute atomic E-state index is 0.123. The second-order valence-electron chi connectivity index (χ2n) is 5.72. The second kappa shape index (κ2) is 5.60. The van der Waals surface area contributed by atoms with Gasteiger partial charge in [-0.25, -0.2) is 0 Å². The first-order chi connectivity index (χ1) is 10.1. The molecule has 0 bridgehead atoms. The number of hydrogen-bond donors (Lipinski definition) is 1. The maximum Gasteiger partial charge on any atom is 0.254 e. The summed E-state index contributed by atoms with van der Waals surface area (Å²) in [5.41, 5.74) is 9.49. The van der Waals surface area contributed by atoms with Crippen molar-refractivity contribution in [3.8, 4) is 0 Å². The van der Waals surface area contributed by atoms with Crippen LogP contribution in [0.25, 0.3) is 0 Å². The Balaban J connectivity index is 1.85. The maximum atomic E-state index is 12.8. The lowest BCUT2D eigenvalue weighted by atomic mass is 10.1. The van der Waals surface area contributed by atoms with Crippen LogP contribution in [-0.2, 0) is 6.54 Å². The van der Waals surface area contributed by atoms with Crippen molar-refractivity contribution >= 4 is 11.6 Å². The summed E-state index contributed by atoms with van der Waals surface area (Å²) >= 11 is 0. The molecule has 0 unspecified atom stereocenters. The molecule has 1 saturated carbocycles. The second-order valence-corrected chi connectivity index (χ2v) is 5.72. The first-order valence-electron chi connectivity index (χ1n) is 7.36. The van der Waals surface area contributed by atoms with E-state index >= 15 is 0 Å². The van der Waals surface area contributed by atoms with Crippen molar-refractivity contribution in [3.05, 3.63) is 65.2 Å². The molecular weight excluding hydrogens is 260 g/mol. The molecule has 0 spiro atoms. The van der Waals surface area contributed by atoms with E-state index in [1.807, 2.05) is 60.4 Å². The van der Waals surface area contributed by atoms with Crippen molar-refractivity contribution in [1.29, 1.82) is 0 Å². The molecule has 0 aliphatic heterocycles. The minimum atomic E-state index is 0.123. The summed E-state index contributed by atoms with van der Waals surface area (Å²) in [4.78, 5) is 14.8. The number of nitrogens with zero attached hydrogens (tertiary/aromatic N) is 1. The lowest BCUT2D eigenvalue weighted by Crippen LogP contribution is -2.33. The number of nitrogens with two attached hydrogens (primary N) is 1. The Hall–Kier alpha value is -2.29. The molecule has 1 aliphatic carbocycles. The van der Waals surface area contributed by atoms with Gasteiger partial charge in [0, 0.05) is 23.8 Å². The van der Waals surface area contributed by atoms with Crippen LogP contribution in [-0.4, -0.2) is 16.8 Å². The van der Waals surface area contributed by atoms with Crippen LogP contribution in [0, 0.1) is 6.92 Å². The third-order valence-corrected chi connectivity index (χ3v) is 3.93. The summed E-state index contributed by atoms with van der Waals surface area (Å²) in [7, 11) is 0. The van der Waals surface area contributed by atoms with Gasteiger partial charge in [0.1, 0.15) is 0 Å². The van der Waals surface area contributed by atoms with Crippen LogP contribution in [0.1, 0.15) is 34.3 Å². The highest BCUT2D eigenvalue weighted by Gasteiger charge is 2.33. The molecule has 1 fully saturated rings. The zero-order valence-electron chi connectivity index (χ0n) is 12.3. The largest absolute Gasteiger partial charge is 0.399 e. The van der Waals surface area contributed by atoms with E-state index < -0.39 is 0 Å².